The summed E-state index contributed by atoms with van der Waals surface area (Å²) in [6.07, 6.45) is 1.94. The highest BCUT2D eigenvalue weighted by Crippen LogP contribution is 2.05. The summed E-state index contributed by atoms with van der Waals surface area (Å²) < 4.78 is 4.94. The van der Waals surface area contributed by atoms with Gasteiger partial charge in [-0.15, -0.1) is 0 Å². The van der Waals surface area contributed by atoms with Crippen LogP contribution in [0.1, 0.15) is 26.7 Å². The zero-order chi connectivity index (χ0) is 14.7. The van der Waals surface area contributed by atoms with Gasteiger partial charge in [0.1, 0.15) is 0 Å². The van der Waals surface area contributed by atoms with Crippen molar-refractivity contribution in [3.8, 4) is 0 Å². The molecule has 0 aliphatic heterocycles. The molecule has 1 unspecified atom stereocenters. The third kappa shape index (κ3) is 12.1. The number of carbonyl (C=O) groups is 1. The van der Waals surface area contributed by atoms with E-state index in [0.29, 0.717) is 31.7 Å². The van der Waals surface area contributed by atoms with E-state index in [0.717, 1.165) is 19.4 Å². The average Bonchev–Trinajstić information content (AvgIpc) is 2.30. The van der Waals surface area contributed by atoms with E-state index in [1.807, 2.05) is 0 Å². The highest BCUT2D eigenvalue weighted by atomic mass is 16.5. The molecule has 19 heavy (non-hydrogen) atoms. The van der Waals surface area contributed by atoms with Gasteiger partial charge in [-0.25, -0.2) is 0 Å². The summed E-state index contributed by atoms with van der Waals surface area (Å²) >= 11 is 0. The van der Waals surface area contributed by atoms with Gasteiger partial charge in [-0.3, -0.25) is 4.79 Å². The van der Waals surface area contributed by atoms with Crippen LogP contribution in [0.4, 0.5) is 0 Å². The molecule has 0 bridgehead atoms. The van der Waals surface area contributed by atoms with E-state index in [4.69, 9.17) is 4.74 Å². The second-order valence-electron chi connectivity index (χ2n) is 5.67. The lowest BCUT2D eigenvalue weighted by Gasteiger charge is -2.23. The van der Waals surface area contributed by atoms with Crippen molar-refractivity contribution >= 4 is 5.91 Å². The van der Waals surface area contributed by atoms with Gasteiger partial charge in [-0.2, -0.15) is 0 Å². The van der Waals surface area contributed by atoms with Gasteiger partial charge >= 0.3 is 0 Å². The highest BCUT2D eigenvalue weighted by Gasteiger charge is 2.12. The van der Waals surface area contributed by atoms with Gasteiger partial charge in [0.2, 0.25) is 5.91 Å². The monoisotopic (exact) mass is 273 g/mol. The molecule has 0 aromatic heterocycles. The summed E-state index contributed by atoms with van der Waals surface area (Å²) in [4.78, 5) is 13.8. The summed E-state index contributed by atoms with van der Waals surface area (Å²) in [5.41, 5.74) is 0. The first-order valence-electron chi connectivity index (χ1n) is 7.09. The molecule has 0 aromatic rings. The molecule has 0 aliphatic carbocycles. The van der Waals surface area contributed by atoms with Crippen LogP contribution in [0.3, 0.4) is 0 Å². The highest BCUT2D eigenvalue weighted by molar-refractivity contribution is 5.77. The Morgan fingerprint density at radius 3 is 2.53 bits per heavy atom. The fourth-order valence-electron chi connectivity index (χ4n) is 1.98. The topological polar surface area (TPSA) is 53.6 Å². The molecule has 0 aliphatic rings. The number of rotatable bonds is 11. The molecule has 0 heterocycles. The first-order valence-corrected chi connectivity index (χ1v) is 7.09. The van der Waals surface area contributed by atoms with Gasteiger partial charge < -0.3 is 20.3 Å². The molecular weight excluding hydrogens is 242 g/mol. The quantitative estimate of drug-likeness (QED) is 0.544. The van der Waals surface area contributed by atoms with Crippen molar-refractivity contribution in [3.63, 3.8) is 0 Å². The Morgan fingerprint density at radius 1 is 1.32 bits per heavy atom. The fourth-order valence-corrected chi connectivity index (χ4v) is 1.98. The third-order valence-electron chi connectivity index (χ3n) is 2.74. The average molecular weight is 273 g/mol. The van der Waals surface area contributed by atoms with Crippen LogP contribution in [0.15, 0.2) is 0 Å². The molecule has 114 valence electrons. The third-order valence-corrected chi connectivity index (χ3v) is 2.74. The second-order valence-corrected chi connectivity index (χ2v) is 5.67. The Morgan fingerprint density at radius 2 is 2.00 bits per heavy atom. The predicted molar refractivity (Wildman–Crippen MR) is 79.3 cm³/mol. The van der Waals surface area contributed by atoms with E-state index in [-0.39, 0.29) is 5.91 Å². The normalized spacial score (nSPS) is 13.0. The maximum absolute atomic E-state index is 11.7. The van der Waals surface area contributed by atoms with Crippen LogP contribution in [-0.2, 0) is 9.53 Å². The van der Waals surface area contributed by atoms with E-state index in [1.54, 1.807) is 7.11 Å². The number of hydrogen-bond acceptors (Lipinski definition) is 4. The van der Waals surface area contributed by atoms with E-state index >= 15 is 0 Å². The summed E-state index contributed by atoms with van der Waals surface area (Å²) in [7, 11) is 5.78. The van der Waals surface area contributed by atoms with E-state index < -0.39 is 0 Å². The molecule has 0 spiro atoms. The zero-order valence-corrected chi connectivity index (χ0v) is 13.2. The molecule has 0 rings (SSSR count). The number of nitrogens with one attached hydrogen (secondary N) is 2. The molecule has 2 N–H and O–H groups in total. The van der Waals surface area contributed by atoms with Crippen molar-refractivity contribution in [2.75, 3.05) is 47.4 Å². The summed E-state index contributed by atoms with van der Waals surface area (Å²) in [6.45, 7) is 7.11. The van der Waals surface area contributed by atoms with Crippen LogP contribution in [0.25, 0.3) is 0 Å². The predicted octanol–water partition coefficient (Wildman–Crippen LogP) is 0.705. The van der Waals surface area contributed by atoms with Crippen LogP contribution >= 0.6 is 0 Å². The Balaban J connectivity index is 3.85. The minimum absolute atomic E-state index is 0.0589. The number of methoxy groups -OCH3 is 1. The summed E-state index contributed by atoms with van der Waals surface area (Å²) in [5.74, 6) is 0.686. The van der Waals surface area contributed by atoms with Crippen molar-refractivity contribution in [1.82, 2.24) is 15.5 Å². The SMILES string of the molecule is COCCCNC(=O)CNC(CC(C)C)CN(C)C. The lowest BCUT2D eigenvalue weighted by atomic mass is 10.0. The number of carbonyl (C=O) groups excluding carboxylic acids is 1. The van der Waals surface area contributed by atoms with Gasteiger partial charge in [0.25, 0.3) is 0 Å². The van der Waals surface area contributed by atoms with Gasteiger partial charge in [0.05, 0.1) is 6.54 Å². The number of ether oxygens (including phenoxy) is 1. The Bertz CT molecular complexity index is 223. The lowest BCUT2D eigenvalue weighted by molar-refractivity contribution is -0.120. The fraction of sp³-hybridized carbons (Fsp3) is 0.929. The van der Waals surface area contributed by atoms with Crippen molar-refractivity contribution in [1.29, 1.82) is 0 Å². The first-order chi connectivity index (χ1) is 8.95. The molecular formula is C14H31N3O2. The largest absolute Gasteiger partial charge is 0.385 e. The maximum Gasteiger partial charge on any atom is 0.233 e. The minimum atomic E-state index is 0.0589. The summed E-state index contributed by atoms with van der Waals surface area (Å²) in [6, 6.07) is 0.361. The first kappa shape index (κ1) is 18.4. The van der Waals surface area contributed by atoms with Crippen LogP contribution in [0.5, 0.6) is 0 Å². The number of likely N-dealkylation sites (N-methyl/N-ethyl adjacent to an activating group) is 1. The Hall–Kier alpha value is -0.650. The minimum Gasteiger partial charge on any atom is -0.385 e. The molecule has 0 saturated carbocycles. The number of hydrogen-bond donors (Lipinski definition) is 2. The van der Waals surface area contributed by atoms with Crippen molar-refractivity contribution in [3.05, 3.63) is 0 Å². The number of nitrogens with zero attached hydrogens (tertiary/aromatic N) is 1. The Kier molecular flexibility index (Phi) is 10.8. The van der Waals surface area contributed by atoms with Gasteiger partial charge in [-0.1, -0.05) is 13.8 Å². The van der Waals surface area contributed by atoms with E-state index in [9.17, 15) is 4.79 Å². The van der Waals surface area contributed by atoms with Crippen molar-refractivity contribution < 1.29 is 9.53 Å². The smallest absolute Gasteiger partial charge is 0.233 e. The summed E-state index contributed by atoms with van der Waals surface area (Å²) in [5, 5.41) is 6.22. The van der Waals surface area contributed by atoms with Gasteiger partial charge in [-0.05, 0) is 32.9 Å². The zero-order valence-electron chi connectivity index (χ0n) is 13.2. The van der Waals surface area contributed by atoms with Crippen LogP contribution in [0.2, 0.25) is 0 Å². The second kappa shape index (κ2) is 11.2. The molecule has 1 atom stereocenters. The number of amides is 1. The van der Waals surface area contributed by atoms with Gasteiger partial charge in [0.15, 0.2) is 0 Å². The van der Waals surface area contributed by atoms with Crippen molar-refractivity contribution in [2.45, 2.75) is 32.7 Å². The van der Waals surface area contributed by atoms with Crippen LogP contribution < -0.4 is 10.6 Å². The Labute approximate surface area is 118 Å². The molecule has 0 radical (unpaired) electrons. The van der Waals surface area contributed by atoms with Crippen molar-refractivity contribution in [2.24, 2.45) is 5.92 Å². The van der Waals surface area contributed by atoms with Crippen LogP contribution in [-0.4, -0.2) is 64.3 Å². The molecule has 0 aromatic carbocycles. The van der Waals surface area contributed by atoms with E-state index in [1.165, 1.54) is 0 Å². The molecule has 1 amide bonds. The lowest BCUT2D eigenvalue weighted by Crippen LogP contribution is -2.44. The van der Waals surface area contributed by atoms with Gasteiger partial charge in [0, 0.05) is 32.8 Å². The van der Waals surface area contributed by atoms with Crippen LogP contribution in [0, 0.1) is 5.92 Å². The van der Waals surface area contributed by atoms with E-state index in [2.05, 4.69) is 43.5 Å². The molecule has 0 fully saturated rings. The standard InChI is InChI=1S/C14H31N3O2/c1-12(2)9-13(11-17(3)4)16-10-14(18)15-7-6-8-19-5/h12-13,16H,6-11H2,1-5H3,(H,15,18). The molecule has 5 nitrogen and oxygen atoms in total. The molecule has 0 saturated heterocycles. The molecule has 5 heteroatoms. The maximum atomic E-state index is 11.7.